The molecule has 5 heteroatoms. The predicted octanol–water partition coefficient (Wildman–Crippen LogP) is 0.112. The molecule has 0 saturated carbocycles. The van der Waals surface area contributed by atoms with Crippen LogP contribution in [0.2, 0.25) is 0 Å². The van der Waals surface area contributed by atoms with Gasteiger partial charge in [0.05, 0.1) is 0 Å². The number of likely N-dealkylation sites (N-methyl/N-ethyl adjacent to an activating group) is 1. The lowest BCUT2D eigenvalue weighted by Gasteiger charge is -2.23. The summed E-state index contributed by atoms with van der Waals surface area (Å²) in [4.78, 5) is 25.3. The van der Waals surface area contributed by atoms with Gasteiger partial charge in [-0.3, -0.25) is 9.59 Å². The molecule has 1 fully saturated rings. The van der Waals surface area contributed by atoms with Crippen LogP contribution in [0.5, 0.6) is 0 Å². The Labute approximate surface area is 103 Å². The topological polar surface area (TPSA) is 61.4 Å². The van der Waals surface area contributed by atoms with Crippen LogP contribution in [-0.2, 0) is 9.59 Å². The minimum Gasteiger partial charge on any atom is -0.357 e. The molecule has 0 aliphatic carbocycles. The van der Waals surface area contributed by atoms with Crippen LogP contribution in [0.25, 0.3) is 0 Å². The second kappa shape index (κ2) is 6.59. The number of likely N-dealkylation sites (tertiary alicyclic amines) is 1. The standard InChI is InChI=1S/C12H23N3O2/c1-9(2)14-7-6-11(16)15-8-4-5-10(15)12(17)13-3/h9-10,14H,4-8H2,1-3H3,(H,13,17). The second-order valence-electron chi connectivity index (χ2n) is 4.72. The minimum atomic E-state index is -0.258. The largest absolute Gasteiger partial charge is 0.357 e. The van der Waals surface area contributed by atoms with Gasteiger partial charge in [0.15, 0.2) is 0 Å². The average Bonchev–Trinajstić information content (AvgIpc) is 2.76. The van der Waals surface area contributed by atoms with Gasteiger partial charge in [0, 0.05) is 32.6 Å². The maximum atomic E-state index is 12.0. The number of rotatable bonds is 5. The summed E-state index contributed by atoms with van der Waals surface area (Å²) in [6.07, 6.45) is 2.16. The first-order chi connectivity index (χ1) is 8.06. The first kappa shape index (κ1) is 14.0. The zero-order valence-electron chi connectivity index (χ0n) is 11.0. The van der Waals surface area contributed by atoms with Gasteiger partial charge in [0.25, 0.3) is 0 Å². The molecule has 1 saturated heterocycles. The van der Waals surface area contributed by atoms with Gasteiger partial charge in [-0.05, 0) is 12.8 Å². The van der Waals surface area contributed by atoms with E-state index in [0.29, 0.717) is 25.6 Å². The fourth-order valence-corrected chi connectivity index (χ4v) is 2.12. The van der Waals surface area contributed by atoms with E-state index in [4.69, 9.17) is 0 Å². The summed E-state index contributed by atoms with van der Waals surface area (Å²) in [6.45, 7) is 5.48. The summed E-state index contributed by atoms with van der Waals surface area (Å²) in [6, 6.07) is 0.127. The van der Waals surface area contributed by atoms with Crippen LogP contribution < -0.4 is 10.6 Å². The van der Waals surface area contributed by atoms with Gasteiger partial charge in [-0.1, -0.05) is 13.8 Å². The molecule has 0 aromatic carbocycles. The Bertz CT molecular complexity index is 279. The molecule has 1 aliphatic heterocycles. The molecular formula is C12H23N3O2. The molecule has 1 heterocycles. The van der Waals surface area contributed by atoms with Crippen molar-refractivity contribution in [3.05, 3.63) is 0 Å². The molecule has 17 heavy (non-hydrogen) atoms. The van der Waals surface area contributed by atoms with Crippen LogP contribution in [0.15, 0.2) is 0 Å². The fraction of sp³-hybridized carbons (Fsp3) is 0.833. The first-order valence-electron chi connectivity index (χ1n) is 6.30. The van der Waals surface area contributed by atoms with Gasteiger partial charge < -0.3 is 15.5 Å². The highest BCUT2D eigenvalue weighted by Gasteiger charge is 2.32. The summed E-state index contributed by atoms with van der Waals surface area (Å²) in [5.41, 5.74) is 0. The van der Waals surface area contributed by atoms with E-state index in [1.54, 1.807) is 11.9 Å². The lowest BCUT2D eigenvalue weighted by molar-refractivity contribution is -0.138. The Morgan fingerprint density at radius 3 is 2.71 bits per heavy atom. The van der Waals surface area contributed by atoms with Gasteiger partial charge in [0.2, 0.25) is 11.8 Å². The van der Waals surface area contributed by atoms with Crippen LogP contribution >= 0.6 is 0 Å². The number of amides is 2. The summed E-state index contributed by atoms with van der Waals surface area (Å²) >= 11 is 0. The lowest BCUT2D eigenvalue weighted by atomic mass is 10.2. The maximum Gasteiger partial charge on any atom is 0.242 e. The van der Waals surface area contributed by atoms with E-state index in [9.17, 15) is 9.59 Å². The van der Waals surface area contributed by atoms with E-state index in [1.165, 1.54) is 0 Å². The summed E-state index contributed by atoms with van der Waals surface area (Å²) in [5, 5.41) is 5.83. The molecule has 0 aromatic rings. The molecule has 1 aliphatic rings. The molecule has 5 nitrogen and oxygen atoms in total. The van der Waals surface area contributed by atoms with Crippen molar-refractivity contribution in [1.82, 2.24) is 15.5 Å². The Morgan fingerprint density at radius 2 is 2.12 bits per heavy atom. The summed E-state index contributed by atoms with van der Waals surface area (Å²) in [7, 11) is 1.61. The van der Waals surface area contributed by atoms with E-state index < -0.39 is 0 Å². The Kier molecular flexibility index (Phi) is 5.41. The van der Waals surface area contributed by atoms with E-state index in [1.807, 2.05) is 13.8 Å². The monoisotopic (exact) mass is 241 g/mol. The molecule has 1 atom stereocenters. The Morgan fingerprint density at radius 1 is 1.41 bits per heavy atom. The normalized spacial score (nSPS) is 19.8. The lowest BCUT2D eigenvalue weighted by Crippen LogP contribution is -2.45. The molecule has 1 rings (SSSR count). The highest BCUT2D eigenvalue weighted by molar-refractivity contribution is 5.88. The van der Waals surface area contributed by atoms with Crippen molar-refractivity contribution < 1.29 is 9.59 Å². The first-order valence-corrected chi connectivity index (χ1v) is 6.30. The van der Waals surface area contributed by atoms with Crippen LogP contribution in [-0.4, -0.2) is 48.9 Å². The van der Waals surface area contributed by atoms with Crippen LogP contribution in [0, 0.1) is 0 Å². The van der Waals surface area contributed by atoms with Crippen molar-refractivity contribution in [3.63, 3.8) is 0 Å². The molecule has 2 amide bonds. The second-order valence-corrected chi connectivity index (χ2v) is 4.72. The van der Waals surface area contributed by atoms with Crippen LogP contribution in [0.3, 0.4) is 0 Å². The molecule has 1 unspecified atom stereocenters. The predicted molar refractivity (Wildman–Crippen MR) is 66.6 cm³/mol. The number of nitrogens with zero attached hydrogens (tertiary/aromatic N) is 1. The smallest absolute Gasteiger partial charge is 0.242 e. The number of nitrogens with one attached hydrogen (secondary N) is 2. The molecule has 0 spiro atoms. The molecule has 0 radical (unpaired) electrons. The molecular weight excluding hydrogens is 218 g/mol. The van der Waals surface area contributed by atoms with Crippen molar-refractivity contribution in [2.75, 3.05) is 20.1 Å². The Balaban J connectivity index is 2.42. The number of carbonyl (C=O) groups excluding carboxylic acids is 2. The molecule has 0 aromatic heterocycles. The third-order valence-corrected chi connectivity index (χ3v) is 3.01. The zero-order valence-corrected chi connectivity index (χ0v) is 11.0. The average molecular weight is 241 g/mol. The zero-order chi connectivity index (χ0) is 12.8. The highest BCUT2D eigenvalue weighted by atomic mass is 16.2. The van der Waals surface area contributed by atoms with Crippen molar-refractivity contribution in [2.45, 2.75) is 45.2 Å². The van der Waals surface area contributed by atoms with Crippen LogP contribution in [0.4, 0.5) is 0 Å². The van der Waals surface area contributed by atoms with Crippen molar-refractivity contribution in [2.24, 2.45) is 0 Å². The molecule has 98 valence electrons. The van der Waals surface area contributed by atoms with E-state index in [0.717, 1.165) is 12.8 Å². The van der Waals surface area contributed by atoms with E-state index in [-0.39, 0.29) is 17.9 Å². The fourth-order valence-electron chi connectivity index (χ4n) is 2.12. The summed E-state index contributed by atoms with van der Waals surface area (Å²) < 4.78 is 0. The van der Waals surface area contributed by atoms with Gasteiger partial charge in [-0.15, -0.1) is 0 Å². The van der Waals surface area contributed by atoms with E-state index >= 15 is 0 Å². The van der Waals surface area contributed by atoms with Gasteiger partial charge in [-0.25, -0.2) is 0 Å². The minimum absolute atomic E-state index is 0.0485. The third-order valence-electron chi connectivity index (χ3n) is 3.01. The van der Waals surface area contributed by atoms with Crippen molar-refractivity contribution in [3.8, 4) is 0 Å². The van der Waals surface area contributed by atoms with Gasteiger partial charge >= 0.3 is 0 Å². The molecule has 2 N–H and O–H groups in total. The quantitative estimate of drug-likeness (QED) is 0.718. The molecule has 0 bridgehead atoms. The number of carbonyl (C=O) groups is 2. The number of hydrogen-bond donors (Lipinski definition) is 2. The van der Waals surface area contributed by atoms with Gasteiger partial charge in [-0.2, -0.15) is 0 Å². The van der Waals surface area contributed by atoms with E-state index in [2.05, 4.69) is 10.6 Å². The Hall–Kier alpha value is -1.10. The highest BCUT2D eigenvalue weighted by Crippen LogP contribution is 2.18. The van der Waals surface area contributed by atoms with Gasteiger partial charge in [0.1, 0.15) is 6.04 Å². The SMILES string of the molecule is CNC(=O)C1CCCN1C(=O)CCNC(C)C. The van der Waals surface area contributed by atoms with Crippen molar-refractivity contribution in [1.29, 1.82) is 0 Å². The maximum absolute atomic E-state index is 12.0. The number of hydrogen-bond acceptors (Lipinski definition) is 3. The van der Waals surface area contributed by atoms with Crippen LogP contribution in [0.1, 0.15) is 33.1 Å². The third kappa shape index (κ3) is 4.00. The van der Waals surface area contributed by atoms with Crippen molar-refractivity contribution >= 4 is 11.8 Å². The summed E-state index contributed by atoms with van der Waals surface area (Å²) in [5.74, 6) is 0.0249.